The van der Waals surface area contributed by atoms with E-state index in [2.05, 4.69) is 4.98 Å². The third kappa shape index (κ3) is 2.33. The molecule has 2 aromatic carbocycles. The second-order valence-electron chi connectivity index (χ2n) is 4.31. The lowest BCUT2D eigenvalue weighted by atomic mass is 10.0. The van der Waals surface area contributed by atoms with E-state index in [0.717, 1.165) is 22.4 Å². The SMILES string of the molecule is Oc1ccccc1-c1cccc(-c2ccccn2)c1. The van der Waals surface area contributed by atoms with Crippen LogP contribution in [0.4, 0.5) is 0 Å². The molecule has 0 aliphatic rings. The molecule has 2 heteroatoms. The number of aromatic hydroxyl groups is 1. The van der Waals surface area contributed by atoms with Crippen LogP contribution in [0.1, 0.15) is 0 Å². The Hall–Kier alpha value is -2.61. The average molecular weight is 247 g/mol. The van der Waals surface area contributed by atoms with Crippen molar-refractivity contribution in [2.24, 2.45) is 0 Å². The lowest BCUT2D eigenvalue weighted by molar-refractivity contribution is 0.477. The fraction of sp³-hybridized carbons (Fsp3) is 0. The van der Waals surface area contributed by atoms with Crippen LogP contribution in [0.5, 0.6) is 5.75 Å². The summed E-state index contributed by atoms with van der Waals surface area (Å²) in [6.45, 7) is 0. The highest BCUT2D eigenvalue weighted by molar-refractivity contribution is 5.74. The molecule has 1 N–H and O–H groups in total. The number of phenolic OH excluding ortho intramolecular Hbond substituents is 1. The highest BCUT2D eigenvalue weighted by Gasteiger charge is 2.05. The molecular formula is C17H13NO. The van der Waals surface area contributed by atoms with Gasteiger partial charge in [0.15, 0.2) is 0 Å². The summed E-state index contributed by atoms with van der Waals surface area (Å²) in [5.41, 5.74) is 3.79. The Labute approximate surface area is 112 Å². The molecule has 2 nitrogen and oxygen atoms in total. The van der Waals surface area contributed by atoms with E-state index < -0.39 is 0 Å². The summed E-state index contributed by atoms with van der Waals surface area (Å²) in [6, 6.07) is 21.2. The van der Waals surface area contributed by atoms with Crippen LogP contribution in [0.15, 0.2) is 72.9 Å². The number of nitrogens with zero attached hydrogens (tertiary/aromatic N) is 1. The number of rotatable bonds is 2. The van der Waals surface area contributed by atoms with Gasteiger partial charge in [0.25, 0.3) is 0 Å². The van der Waals surface area contributed by atoms with Gasteiger partial charge in [0, 0.05) is 17.3 Å². The number of benzene rings is 2. The van der Waals surface area contributed by atoms with Crippen LogP contribution in [-0.4, -0.2) is 10.1 Å². The van der Waals surface area contributed by atoms with Crippen molar-refractivity contribution in [3.8, 4) is 28.1 Å². The normalized spacial score (nSPS) is 10.3. The van der Waals surface area contributed by atoms with Crippen molar-refractivity contribution in [2.45, 2.75) is 0 Å². The summed E-state index contributed by atoms with van der Waals surface area (Å²) in [5, 5.41) is 9.91. The number of hydrogen-bond donors (Lipinski definition) is 1. The minimum atomic E-state index is 0.292. The fourth-order valence-electron chi connectivity index (χ4n) is 2.10. The van der Waals surface area contributed by atoms with Crippen LogP contribution < -0.4 is 0 Å². The summed E-state index contributed by atoms with van der Waals surface area (Å²) in [4.78, 5) is 4.34. The van der Waals surface area contributed by atoms with E-state index in [-0.39, 0.29) is 0 Å². The van der Waals surface area contributed by atoms with E-state index in [4.69, 9.17) is 0 Å². The fourth-order valence-corrected chi connectivity index (χ4v) is 2.10. The minimum absolute atomic E-state index is 0.292. The first-order chi connectivity index (χ1) is 9.34. The Balaban J connectivity index is 2.09. The first-order valence-corrected chi connectivity index (χ1v) is 6.14. The molecule has 3 aromatic rings. The summed E-state index contributed by atoms with van der Waals surface area (Å²) in [7, 11) is 0. The van der Waals surface area contributed by atoms with Gasteiger partial charge >= 0.3 is 0 Å². The Kier molecular flexibility index (Phi) is 2.99. The standard InChI is InChI=1S/C17H13NO/c19-17-10-2-1-8-15(17)13-6-5-7-14(12-13)16-9-3-4-11-18-16/h1-12,19H. The highest BCUT2D eigenvalue weighted by Crippen LogP contribution is 2.30. The summed E-state index contributed by atoms with van der Waals surface area (Å²) >= 11 is 0. The zero-order valence-corrected chi connectivity index (χ0v) is 10.3. The molecule has 0 saturated carbocycles. The van der Waals surface area contributed by atoms with Gasteiger partial charge in [-0.1, -0.05) is 42.5 Å². The second kappa shape index (κ2) is 4.94. The smallest absolute Gasteiger partial charge is 0.123 e. The van der Waals surface area contributed by atoms with Crippen LogP contribution in [0.3, 0.4) is 0 Å². The van der Waals surface area contributed by atoms with Crippen molar-refractivity contribution < 1.29 is 5.11 Å². The van der Waals surface area contributed by atoms with Crippen molar-refractivity contribution in [1.29, 1.82) is 0 Å². The molecule has 1 aromatic heterocycles. The Morgan fingerprint density at radius 1 is 0.737 bits per heavy atom. The van der Waals surface area contributed by atoms with E-state index in [9.17, 15) is 5.11 Å². The molecular weight excluding hydrogens is 234 g/mol. The van der Waals surface area contributed by atoms with Gasteiger partial charge in [-0.2, -0.15) is 0 Å². The van der Waals surface area contributed by atoms with Gasteiger partial charge in [-0.3, -0.25) is 4.98 Å². The van der Waals surface area contributed by atoms with Gasteiger partial charge in [-0.25, -0.2) is 0 Å². The molecule has 0 bridgehead atoms. The number of para-hydroxylation sites is 1. The highest BCUT2D eigenvalue weighted by atomic mass is 16.3. The maximum absolute atomic E-state index is 9.91. The first kappa shape index (κ1) is 11.5. The topological polar surface area (TPSA) is 33.1 Å². The molecule has 0 spiro atoms. The van der Waals surface area contributed by atoms with Gasteiger partial charge in [0.1, 0.15) is 5.75 Å². The molecule has 0 radical (unpaired) electrons. The third-order valence-corrected chi connectivity index (χ3v) is 3.04. The molecule has 0 unspecified atom stereocenters. The molecule has 0 aliphatic heterocycles. The van der Waals surface area contributed by atoms with Gasteiger partial charge in [0.2, 0.25) is 0 Å². The van der Waals surface area contributed by atoms with Gasteiger partial charge in [-0.15, -0.1) is 0 Å². The van der Waals surface area contributed by atoms with Crippen LogP contribution in [0.2, 0.25) is 0 Å². The number of phenols is 1. The molecule has 3 rings (SSSR count). The van der Waals surface area contributed by atoms with Crippen molar-refractivity contribution in [3.63, 3.8) is 0 Å². The molecule has 19 heavy (non-hydrogen) atoms. The quantitative estimate of drug-likeness (QED) is 0.738. The number of aromatic nitrogens is 1. The lowest BCUT2D eigenvalue weighted by Crippen LogP contribution is -1.84. The number of hydrogen-bond acceptors (Lipinski definition) is 2. The number of pyridine rings is 1. The van der Waals surface area contributed by atoms with E-state index in [0.29, 0.717) is 5.75 Å². The van der Waals surface area contributed by atoms with Crippen molar-refractivity contribution in [1.82, 2.24) is 4.98 Å². The summed E-state index contributed by atoms with van der Waals surface area (Å²) in [5.74, 6) is 0.292. The van der Waals surface area contributed by atoms with Crippen molar-refractivity contribution in [3.05, 3.63) is 72.9 Å². The van der Waals surface area contributed by atoms with E-state index in [1.807, 2.05) is 60.7 Å². The van der Waals surface area contributed by atoms with Crippen molar-refractivity contribution in [2.75, 3.05) is 0 Å². The molecule has 0 aliphatic carbocycles. The molecule has 92 valence electrons. The van der Waals surface area contributed by atoms with Crippen molar-refractivity contribution >= 4 is 0 Å². The second-order valence-corrected chi connectivity index (χ2v) is 4.31. The molecule has 0 amide bonds. The van der Waals surface area contributed by atoms with Crippen LogP contribution in [-0.2, 0) is 0 Å². The minimum Gasteiger partial charge on any atom is -0.507 e. The Morgan fingerprint density at radius 2 is 1.53 bits per heavy atom. The Morgan fingerprint density at radius 3 is 2.32 bits per heavy atom. The van der Waals surface area contributed by atoms with E-state index in [1.165, 1.54) is 0 Å². The monoisotopic (exact) mass is 247 g/mol. The molecule has 0 fully saturated rings. The van der Waals surface area contributed by atoms with Crippen LogP contribution in [0, 0.1) is 0 Å². The van der Waals surface area contributed by atoms with Crippen LogP contribution in [0.25, 0.3) is 22.4 Å². The molecule has 0 saturated heterocycles. The Bertz CT molecular complexity index is 692. The predicted molar refractivity (Wildman–Crippen MR) is 76.8 cm³/mol. The maximum atomic E-state index is 9.91. The van der Waals surface area contributed by atoms with E-state index >= 15 is 0 Å². The molecule has 0 atom stereocenters. The lowest BCUT2D eigenvalue weighted by Gasteiger charge is -2.07. The first-order valence-electron chi connectivity index (χ1n) is 6.14. The zero-order chi connectivity index (χ0) is 13.1. The van der Waals surface area contributed by atoms with Crippen LogP contribution >= 0.6 is 0 Å². The van der Waals surface area contributed by atoms with Gasteiger partial charge in [-0.05, 0) is 29.8 Å². The predicted octanol–water partition coefficient (Wildman–Crippen LogP) is 4.12. The maximum Gasteiger partial charge on any atom is 0.123 e. The molecule has 1 heterocycles. The van der Waals surface area contributed by atoms with Gasteiger partial charge in [0.05, 0.1) is 5.69 Å². The summed E-state index contributed by atoms with van der Waals surface area (Å²) < 4.78 is 0. The largest absolute Gasteiger partial charge is 0.507 e. The average Bonchev–Trinajstić information content (AvgIpc) is 2.49. The zero-order valence-electron chi connectivity index (χ0n) is 10.3. The van der Waals surface area contributed by atoms with E-state index in [1.54, 1.807) is 12.3 Å². The summed E-state index contributed by atoms with van der Waals surface area (Å²) in [6.07, 6.45) is 1.78. The third-order valence-electron chi connectivity index (χ3n) is 3.04. The van der Waals surface area contributed by atoms with Gasteiger partial charge < -0.3 is 5.11 Å².